The molecule has 2 aromatic carbocycles. The fraction of sp³-hybridized carbons (Fsp3) is 0.393. The number of amides is 2. The van der Waals surface area contributed by atoms with Gasteiger partial charge in [0, 0.05) is 19.2 Å². The first kappa shape index (κ1) is 28.4. The molecule has 0 aromatic heterocycles. The number of nitro benzene ring substituents is 1. The highest BCUT2D eigenvalue weighted by Crippen LogP contribution is 2.38. The van der Waals surface area contributed by atoms with E-state index in [0.717, 1.165) is 5.56 Å². The van der Waals surface area contributed by atoms with Crippen molar-refractivity contribution in [1.82, 2.24) is 9.80 Å². The van der Waals surface area contributed by atoms with Crippen LogP contribution in [-0.2, 0) is 14.3 Å². The molecule has 0 spiro atoms. The van der Waals surface area contributed by atoms with E-state index in [1.807, 2.05) is 26.0 Å². The topological polar surface area (TPSA) is 130 Å². The summed E-state index contributed by atoms with van der Waals surface area (Å²) in [4.78, 5) is 51.4. The molecule has 1 saturated heterocycles. The van der Waals surface area contributed by atoms with Crippen LogP contribution in [0.15, 0.2) is 42.5 Å². The summed E-state index contributed by atoms with van der Waals surface area (Å²) < 4.78 is 5.34. The second-order valence-electron chi connectivity index (χ2n) is 10.3. The highest BCUT2D eigenvalue weighted by Gasteiger charge is 2.37. The van der Waals surface area contributed by atoms with E-state index in [1.54, 1.807) is 39.0 Å². The third-order valence-electron chi connectivity index (χ3n) is 6.05. The van der Waals surface area contributed by atoms with Crippen LogP contribution >= 0.6 is 0 Å². The summed E-state index contributed by atoms with van der Waals surface area (Å²) in [5, 5.41) is 21.6. The standard InChI is InChI=1S/C28H32N3O7/c1-18(2)20-10-6-7-11-21(20)25-19(9-8-12-22(25)31(36)37)13-14-24(32)30-16-15-29(17-23(30)26(33)34)27(35)38-28(3,4)5/h6-11,13-14,18,23H,15-17H2,1-5H3,(H,33,34)/b14-13+. The number of benzene rings is 2. The average Bonchev–Trinajstić information content (AvgIpc) is 2.85. The van der Waals surface area contributed by atoms with Crippen LogP contribution in [0.1, 0.15) is 51.7 Å². The fourth-order valence-corrected chi connectivity index (χ4v) is 4.30. The minimum atomic E-state index is -1.27. The minimum Gasteiger partial charge on any atom is -0.480 e. The Kier molecular flexibility index (Phi) is 8.55. The number of hydrogen-bond donors (Lipinski definition) is 1. The monoisotopic (exact) mass is 522 g/mol. The molecule has 10 heteroatoms. The Balaban J connectivity index is 1.92. The summed E-state index contributed by atoms with van der Waals surface area (Å²) in [6.07, 6.45) is 2.02. The largest absolute Gasteiger partial charge is 0.480 e. The second kappa shape index (κ2) is 11.5. The minimum absolute atomic E-state index is 0.00879. The van der Waals surface area contributed by atoms with Crippen molar-refractivity contribution in [2.45, 2.75) is 52.2 Å². The molecule has 1 N–H and O–H groups in total. The van der Waals surface area contributed by atoms with Crippen LogP contribution in [-0.4, -0.2) is 69.1 Å². The maximum Gasteiger partial charge on any atom is 0.410 e. The van der Waals surface area contributed by atoms with Crippen LogP contribution in [0.5, 0.6) is 0 Å². The van der Waals surface area contributed by atoms with Crippen molar-refractivity contribution in [1.29, 1.82) is 0 Å². The van der Waals surface area contributed by atoms with Crippen molar-refractivity contribution in [3.63, 3.8) is 0 Å². The lowest BCUT2D eigenvalue weighted by molar-refractivity contribution is -0.384. The molecule has 0 aliphatic carbocycles. The summed E-state index contributed by atoms with van der Waals surface area (Å²) in [6, 6.07) is 11.8. The number of nitrogens with zero attached hydrogens (tertiary/aromatic N) is 3. The van der Waals surface area contributed by atoms with Crippen molar-refractivity contribution in [2.24, 2.45) is 0 Å². The van der Waals surface area contributed by atoms with Gasteiger partial charge in [0.05, 0.1) is 23.1 Å². The van der Waals surface area contributed by atoms with Gasteiger partial charge in [0.2, 0.25) is 5.91 Å². The van der Waals surface area contributed by atoms with E-state index < -0.39 is 34.5 Å². The smallest absolute Gasteiger partial charge is 0.410 e. The SMILES string of the molecule is CC(C)c1ccccc1-c1c([N+](=O)[O-])[c]ccc1/C=C/C(=O)N1CCN(C(=O)OC(C)(C)C)CC1C(=O)O. The number of rotatable bonds is 6. The van der Waals surface area contributed by atoms with Gasteiger partial charge in [-0.1, -0.05) is 44.2 Å². The quantitative estimate of drug-likeness (QED) is 0.330. The van der Waals surface area contributed by atoms with E-state index in [4.69, 9.17) is 4.74 Å². The predicted molar refractivity (Wildman–Crippen MR) is 141 cm³/mol. The van der Waals surface area contributed by atoms with Crippen LogP contribution < -0.4 is 0 Å². The molecule has 1 fully saturated rings. The van der Waals surface area contributed by atoms with Crippen molar-refractivity contribution in [3.8, 4) is 11.1 Å². The zero-order chi connectivity index (χ0) is 28.2. The normalized spacial score (nSPS) is 16.1. The molecule has 1 aliphatic rings. The van der Waals surface area contributed by atoms with Crippen LogP contribution in [0, 0.1) is 16.2 Å². The second-order valence-corrected chi connectivity index (χ2v) is 10.3. The number of carbonyl (C=O) groups is 3. The van der Waals surface area contributed by atoms with E-state index >= 15 is 0 Å². The molecule has 1 atom stereocenters. The maximum absolute atomic E-state index is 13.1. The Morgan fingerprint density at radius 2 is 1.87 bits per heavy atom. The van der Waals surface area contributed by atoms with Crippen LogP contribution in [0.2, 0.25) is 0 Å². The Bertz CT molecular complexity index is 1260. The van der Waals surface area contributed by atoms with E-state index in [1.165, 1.54) is 28.0 Å². The number of carboxylic acids is 1. The molecular weight excluding hydrogens is 490 g/mol. The van der Waals surface area contributed by atoms with Gasteiger partial charge in [0.25, 0.3) is 5.69 Å². The summed E-state index contributed by atoms with van der Waals surface area (Å²) in [5.74, 6) is -1.75. The number of piperazine rings is 1. The first-order valence-electron chi connectivity index (χ1n) is 12.3. The average molecular weight is 523 g/mol. The van der Waals surface area contributed by atoms with Gasteiger partial charge in [-0.2, -0.15) is 0 Å². The Labute approximate surface area is 221 Å². The molecule has 0 saturated carbocycles. The van der Waals surface area contributed by atoms with Gasteiger partial charge in [-0.25, -0.2) is 9.59 Å². The summed E-state index contributed by atoms with van der Waals surface area (Å²) in [6.45, 7) is 8.99. The molecule has 2 aromatic rings. The zero-order valence-electron chi connectivity index (χ0n) is 22.1. The van der Waals surface area contributed by atoms with Gasteiger partial charge in [-0.15, -0.1) is 0 Å². The third-order valence-corrected chi connectivity index (χ3v) is 6.05. The van der Waals surface area contributed by atoms with Crippen molar-refractivity contribution >= 4 is 29.7 Å². The lowest BCUT2D eigenvalue weighted by Crippen LogP contribution is -2.59. The van der Waals surface area contributed by atoms with Crippen molar-refractivity contribution in [2.75, 3.05) is 19.6 Å². The molecule has 1 unspecified atom stereocenters. The highest BCUT2D eigenvalue weighted by atomic mass is 16.6. The number of ether oxygens (including phenoxy) is 1. The number of carbonyl (C=O) groups excluding carboxylic acids is 2. The zero-order valence-corrected chi connectivity index (χ0v) is 22.1. The van der Waals surface area contributed by atoms with Gasteiger partial charge in [-0.05, 0) is 55.5 Å². The number of hydrogen-bond acceptors (Lipinski definition) is 6. The lowest BCUT2D eigenvalue weighted by atomic mass is 9.89. The first-order valence-corrected chi connectivity index (χ1v) is 12.3. The predicted octanol–water partition coefficient (Wildman–Crippen LogP) is 4.73. The van der Waals surface area contributed by atoms with E-state index in [2.05, 4.69) is 6.07 Å². The molecule has 38 heavy (non-hydrogen) atoms. The number of carboxylic acid groups (broad SMARTS) is 1. The van der Waals surface area contributed by atoms with Gasteiger partial charge < -0.3 is 19.6 Å². The Morgan fingerprint density at radius 1 is 1.18 bits per heavy atom. The molecule has 1 heterocycles. The summed E-state index contributed by atoms with van der Waals surface area (Å²) >= 11 is 0. The molecule has 0 bridgehead atoms. The van der Waals surface area contributed by atoms with Gasteiger partial charge in [0.15, 0.2) is 0 Å². The highest BCUT2D eigenvalue weighted by molar-refractivity contribution is 5.96. The maximum atomic E-state index is 13.1. The van der Waals surface area contributed by atoms with E-state index in [9.17, 15) is 29.6 Å². The van der Waals surface area contributed by atoms with Crippen molar-refractivity contribution in [3.05, 3.63) is 69.8 Å². The van der Waals surface area contributed by atoms with Crippen molar-refractivity contribution < 1.29 is 29.2 Å². The molecule has 201 valence electrons. The first-order chi connectivity index (χ1) is 17.8. The lowest BCUT2D eigenvalue weighted by Gasteiger charge is -2.39. The van der Waals surface area contributed by atoms with Gasteiger partial charge >= 0.3 is 12.1 Å². The summed E-state index contributed by atoms with van der Waals surface area (Å²) in [7, 11) is 0. The molecule has 10 nitrogen and oxygen atoms in total. The third kappa shape index (κ3) is 6.56. The fourth-order valence-electron chi connectivity index (χ4n) is 4.30. The molecule has 1 aliphatic heterocycles. The van der Waals surface area contributed by atoms with Crippen LogP contribution in [0.25, 0.3) is 17.2 Å². The van der Waals surface area contributed by atoms with Gasteiger partial charge in [-0.3, -0.25) is 14.9 Å². The summed E-state index contributed by atoms with van der Waals surface area (Å²) in [5.41, 5.74) is 1.36. The van der Waals surface area contributed by atoms with E-state index in [-0.39, 0.29) is 31.2 Å². The molecular formula is C28H32N3O7. The molecule has 1 radical (unpaired) electrons. The number of aliphatic carboxylic acids is 1. The van der Waals surface area contributed by atoms with E-state index in [0.29, 0.717) is 16.7 Å². The Morgan fingerprint density at radius 3 is 2.47 bits per heavy atom. The molecule has 3 rings (SSSR count). The molecule has 2 amide bonds. The van der Waals surface area contributed by atoms with Gasteiger partial charge in [0.1, 0.15) is 11.6 Å². The number of nitro groups is 1. The Hall–Kier alpha value is -4.21. The van der Waals surface area contributed by atoms with Crippen LogP contribution in [0.3, 0.4) is 0 Å². The van der Waals surface area contributed by atoms with Crippen LogP contribution in [0.4, 0.5) is 10.5 Å².